The molecular weight excluding hydrogens is 220 g/mol. The molecule has 4 nitrogen and oxygen atoms in total. The highest BCUT2D eigenvalue weighted by Crippen LogP contribution is 2.18. The largest absolute Gasteiger partial charge is 0.363 e. The molecular formula is C8H16N2O2S2. The standard InChI is InChI=1S/C8H16N2O2S2/c1-2-9-8(13)10-6-7-4-3-5-14(7,11)12/h7H,2-6H2,1H3,(H2,9,10,13). The van der Waals surface area contributed by atoms with Crippen LogP contribution in [0.3, 0.4) is 0 Å². The Morgan fingerprint density at radius 2 is 2.21 bits per heavy atom. The topological polar surface area (TPSA) is 58.2 Å². The number of thiocarbonyl (C=S) groups is 1. The maximum atomic E-state index is 11.4. The van der Waals surface area contributed by atoms with Gasteiger partial charge >= 0.3 is 0 Å². The Balaban J connectivity index is 2.35. The lowest BCUT2D eigenvalue weighted by Crippen LogP contribution is -2.40. The van der Waals surface area contributed by atoms with Gasteiger partial charge in [-0.25, -0.2) is 8.42 Å². The molecule has 0 saturated carbocycles. The molecule has 1 aliphatic heterocycles. The third kappa shape index (κ3) is 3.09. The number of hydrogen-bond donors (Lipinski definition) is 2. The molecule has 14 heavy (non-hydrogen) atoms. The first-order valence-corrected chi connectivity index (χ1v) is 6.92. The van der Waals surface area contributed by atoms with E-state index in [4.69, 9.17) is 12.2 Å². The van der Waals surface area contributed by atoms with Crippen LogP contribution >= 0.6 is 12.2 Å². The van der Waals surface area contributed by atoms with Gasteiger partial charge in [0, 0.05) is 13.1 Å². The van der Waals surface area contributed by atoms with Crippen molar-refractivity contribution in [2.45, 2.75) is 25.0 Å². The van der Waals surface area contributed by atoms with Gasteiger partial charge in [0.05, 0.1) is 11.0 Å². The summed E-state index contributed by atoms with van der Waals surface area (Å²) in [6.07, 6.45) is 1.53. The van der Waals surface area contributed by atoms with Gasteiger partial charge in [0.15, 0.2) is 14.9 Å². The SMILES string of the molecule is CCNC(=S)NCC1CCCS1(=O)=O. The Hall–Kier alpha value is -0.360. The quantitative estimate of drug-likeness (QED) is 0.678. The second-order valence-electron chi connectivity index (χ2n) is 3.37. The van der Waals surface area contributed by atoms with E-state index in [0.717, 1.165) is 19.4 Å². The maximum Gasteiger partial charge on any atom is 0.166 e. The van der Waals surface area contributed by atoms with Crippen LogP contribution < -0.4 is 10.6 Å². The molecule has 1 saturated heterocycles. The molecule has 1 fully saturated rings. The zero-order valence-corrected chi connectivity index (χ0v) is 9.88. The van der Waals surface area contributed by atoms with E-state index in [1.54, 1.807) is 0 Å². The highest BCUT2D eigenvalue weighted by atomic mass is 32.2. The molecule has 1 aliphatic rings. The van der Waals surface area contributed by atoms with Crippen LogP contribution in [0.5, 0.6) is 0 Å². The summed E-state index contributed by atoms with van der Waals surface area (Å²) in [4.78, 5) is 0. The van der Waals surface area contributed by atoms with Crippen LogP contribution in [0.25, 0.3) is 0 Å². The van der Waals surface area contributed by atoms with Crippen molar-refractivity contribution >= 4 is 27.2 Å². The van der Waals surface area contributed by atoms with Crippen LogP contribution in [0.2, 0.25) is 0 Å². The average Bonchev–Trinajstić information content (AvgIpc) is 2.42. The van der Waals surface area contributed by atoms with Crippen molar-refractivity contribution in [3.8, 4) is 0 Å². The lowest BCUT2D eigenvalue weighted by Gasteiger charge is -2.12. The summed E-state index contributed by atoms with van der Waals surface area (Å²) >= 11 is 4.95. The first-order chi connectivity index (χ1) is 6.56. The van der Waals surface area contributed by atoms with Gasteiger partial charge in [0.1, 0.15) is 0 Å². The van der Waals surface area contributed by atoms with Crippen LogP contribution in [-0.4, -0.2) is 37.6 Å². The van der Waals surface area contributed by atoms with Crippen molar-refractivity contribution in [2.75, 3.05) is 18.8 Å². The van der Waals surface area contributed by atoms with Crippen LogP contribution in [0.4, 0.5) is 0 Å². The van der Waals surface area contributed by atoms with Crippen molar-refractivity contribution in [3.05, 3.63) is 0 Å². The minimum atomic E-state index is -2.85. The van der Waals surface area contributed by atoms with Gasteiger partial charge in [-0.15, -0.1) is 0 Å². The summed E-state index contributed by atoms with van der Waals surface area (Å²) in [6.45, 7) is 3.14. The van der Waals surface area contributed by atoms with Crippen LogP contribution in [0.1, 0.15) is 19.8 Å². The third-order valence-corrected chi connectivity index (χ3v) is 4.85. The number of hydrogen-bond acceptors (Lipinski definition) is 3. The molecule has 6 heteroatoms. The van der Waals surface area contributed by atoms with E-state index in [2.05, 4.69) is 10.6 Å². The predicted octanol–water partition coefficient (Wildman–Crippen LogP) is 0.0476. The molecule has 0 spiro atoms. The summed E-state index contributed by atoms with van der Waals surface area (Å²) in [5.41, 5.74) is 0. The van der Waals surface area contributed by atoms with Crippen LogP contribution in [0.15, 0.2) is 0 Å². The Morgan fingerprint density at radius 3 is 2.71 bits per heavy atom. The lowest BCUT2D eigenvalue weighted by molar-refractivity contribution is 0.586. The van der Waals surface area contributed by atoms with Gasteiger partial charge in [-0.2, -0.15) is 0 Å². The fourth-order valence-electron chi connectivity index (χ4n) is 1.52. The van der Waals surface area contributed by atoms with Gasteiger partial charge < -0.3 is 10.6 Å². The van der Waals surface area contributed by atoms with Crippen molar-refractivity contribution in [3.63, 3.8) is 0 Å². The Kier molecular flexibility index (Phi) is 4.12. The molecule has 82 valence electrons. The van der Waals surface area contributed by atoms with Gasteiger partial charge in [0.2, 0.25) is 0 Å². The Morgan fingerprint density at radius 1 is 1.50 bits per heavy atom. The normalized spacial score (nSPS) is 24.5. The highest BCUT2D eigenvalue weighted by Gasteiger charge is 2.30. The molecule has 0 bridgehead atoms. The molecule has 1 atom stereocenters. The number of rotatable bonds is 3. The van der Waals surface area contributed by atoms with E-state index in [-0.39, 0.29) is 5.25 Å². The lowest BCUT2D eigenvalue weighted by atomic mass is 10.2. The zero-order valence-electron chi connectivity index (χ0n) is 8.25. The third-order valence-electron chi connectivity index (χ3n) is 2.29. The van der Waals surface area contributed by atoms with Crippen molar-refractivity contribution in [1.29, 1.82) is 0 Å². The fourth-order valence-corrected chi connectivity index (χ4v) is 3.51. The second kappa shape index (κ2) is 4.93. The Bertz CT molecular complexity index is 300. The number of nitrogens with one attached hydrogen (secondary N) is 2. The smallest absolute Gasteiger partial charge is 0.166 e. The summed E-state index contributed by atoms with van der Waals surface area (Å²) in [5, 5.41) is 6.13. The van der Waals surface area contributed by atoms with E-state index in [9.17, 15) is 8.42 Å². The minimum absolute atomic E-state index is 0.251. The van der Waals surface area contributed by atoms with E-state index >= 15 is 0 Å². The van der Waals surface area contributed by atoms with Gasteiger partial charge in [-0.1, -0.05) is 0 Å². The first-order valence-electron chi connectivity index (χ1n) is 4.79. The van der Waals surface area contributed by atoms with Crippen LogP contribution in [-0.2, 0) is 9.84 Å². The molecule has 0 amide bonds. The second-order valence-corrected chi connectivity index (χ2v) is 6.18. The minimum Gasteiger partial charge on any atom is -0.363 e. The van der Waals surface area contributed by atoms with E-state index < -0.39 is 9.84 Å². The predicted molar refractivity (Wildman–Crippen MR) is 61.1 cm³/mol. The molecule has 1 rings (SSSR count). The van der Waals surface area contributed by atoms with Crippen molar-refractivity contribution < 1.29 is 8.42 Å². The summed E-state index contributed by atoms with van der Waals surface area (Å²) in [6, 6.07) is 0. The molecule has 1 heterocycles. The number of sulfone groups is 1. The maximum absolute atomic E-state index is 11.4. The first kappa shape index (κ1) is 11.7. The van der Waals surface area contributed by atoms with E-state index in [0.29, 0.717) is 17.4 Å². The van der Waals surface area contributed by atoms with Gasteiger partial charge in [-0.3, -0.25) is 0 Å². The molecule has 0 aromatic rings. The zero-order chi connectivity index (χ0) is 10.6. The van der Waals surface area contributed by atoms with Gasteiger partial charge in [-0.05, 0) is 32.0 Å². The van der Waals surface area contributed by atoms with E-state index in [1.165, 1.54) is 0 Å². The summed E-state index contributed by atoms with van der Waals surface area (Å²) in [5.74, 6) is 0.327. The molecule has 2 N–H and O–H groups in total. The summed E-state index contributed by atoms with van der Waals surface area (Å²) < 4.78 is 22.9. The highest BCUT2D eigenvalue weighted by molar-refractivity contribution is 7.92. The molecule has 0 aliphatic carbocycles. The monoisotopic (exact) mass is 236 g/mol. The molecule has 0 aromatic carbocycles. The fraction of sp³-hybridized carbons (Fsp3) is 0.875. The van der Waals surface area contributed by atoms with Gasteiger partial charge in [0.25, 0.3) is 0 Å². The van der Waals surface area contributed by atoms with E-state index in [1.807, 2.05) is 6.92 Å². The molecule has 0 radical (unpaired) electrons. The van der Waals surface area contributed by atoms with Crippen LogP contribution in [0, 0.1) is 0 Å². The summed E-state index contributed by atoms with van der Waals surface area (Å²) in [7, 11) is -2.85. The Labute approximate surface area is 90.4 Å². The molecule has 1 unspecified atom stereocenters. The van der Waals surface area contributed by atoms with Crippen molar-refractivity contribution in [1.82, 2.24) is 10.6 Å². The molecule has 0 aromatic heterocycles. The average molecular weight is 236 g/mol. The van der Waals surface area contributed by atoms with Crippen molar-refractivity contribution in [2.24, 2.45) is 0 Å².